The molecular formula is C18H23N3O. The second kappa shape index (κ2) is 6.36. The summed E-state index contributed by atoms with van der Waals surface area (Å²) in [4.78, 5) is 14.8. The molecule has 0 aliphatic carbocycles. The third-order valence-corrected chi connectivity index (χ3v) is 4.53. The zero-order valence-corrected chi connectivity index (χ0v) is 13.2. The summed E-state index contributed by atoms with van der Waals surface area (Å²) < 4.78 is 2.00. The Bertz CT molecular complexity index is 648. The van der Waals surface area contributed by atoms with E-state index in [0.29, 0.717) is 6.04 Å². The molecule has 4 nitrogen and oxygen atoms in total. The second-order valence-electron chi connectivity index (χ2n) is 5.91. The van der Waals surface area contributed by atoms with Crippen molar-refractivity contribution in [1.29, 1.82) is 0 Å². The first kappa shape index (κ1) is 14.9. The summed E-state index contributed by atoms with van der Waals surface area (Å²) in [6, 6.07) is 14.6. The maximum Gasteiger partial charge on any atom is 0.270 e. The molecule has 2 aromatic rings. The summed E-state index contributed by atoms with van der Waals surface area (Å²) in [5.74, 6) is 0.129. The van der Waals surface area contributed by atoms with E-state index in [4.69, 9.17) is 0 Å². The lowest BCUT2D eigenvalue weighted by Gasteiger charge is -2.32. The average Bonchev–Trinajstić information content (AvgIpc) is 2.96. The van der Waals surface area contributed by atoms with Crippen LogP contribution in [-0.4, -0.2) is 41.6 Å². The van der Waals surface area contributed by atoms with Crippen molar-refractivity contribution in [3.8, 4) is 11.3 Å². The number of nitrogens with one attached hydrogen (secondary N) is 1. The zero-order valence-electron chi connectivity index (χ0n) is 13.2. The van der Waals surface area contributed by atoms with Crippen molar-refractivity contribution in [2.75, 3.05) is 20.1 Å². The lowest BCUT2D eigenvalue weighted by molar-refractivity contribution is 0.0688. The molecule has 0 saturated carbocycles. The maximum atomic E-state index is 12.8. The molecular weight excluding hydrogens is 274 g/mol. The number of nitrogens with zero attached hydrogens (tertiary/aromatic N) is 2. The van der Waals surface area contributed by atoms with E-state index in [1.807, 2.05) is 53.9 Å². The predicted octanol–water partition coefficient (Wildman–Crippen LogP) is 2.52. The standard InChI is InChI=1S/C18H23N3O/c1-19-15-9-6-12-21(13-15)18(22)17-11-10-16(20(17)2)14-7-4-3-5-8-14/h3-5,7-8,10-11,15,19H,6,9,12-13H2,1-2H3. The number of hydrogen-bond acceptors (Lipinski definition) is 2. The van der Waals surface area contributed by atoms with Gasteiger partial charge in [-0.3, -0.25) is 4.79 Å². The molecule has 3 rings (SSSR count). The number of likely N-dealkylation sites (tertiary alicyclic amines) is 1. The van der Waals surface area contributed by atoms with Crippen LogP contribution in [0.15, 0.2) is 42.5 Å². The van der Waals surface area contributed by atoms with E-state index in [1.165, 1.54) is 0 Å². The molecule has 1 aliphatic rings. The molecule has 1 saturated heterocycles. The van der Waals surface area contributed by atoms with Gasteiger partial charge in [-0.05, 0) is 37.6 Å². The van der Waals surface area contributed by atoms with Crippen molar-refractivity contribution < 1.29 is 4.79 Å². The van der Waals surface area contributed by atoms with Gasteiger partial charge in [-0.1, -0.05) is 30.3 Å². The first-order chi connectivity index (χ1) is 10.7. The topological polar surface area (TPSA) is 37.3 Å². The summed E-state index contributed by atoms with van der Waals surface area (Å²) in [6.45, 7) is 1.64. The third kappa shape index (κ3) is 2.79. The number of aromatic nitrogens is 1. The molecule has 0 bridgehead atoms. The smallest absolute Gasteiger partial charge is 0.270 e. The molecule has 0 radical (unpaired) electrons. The number of rotatable bonds is 3. The summed E-state index contributed by atoms with van der Waals surface area (Å²) >= 11 is 0. The van der Waals surface area contributed by atoms with Gasteiger partial charge in [-0.25, -0.2) is 0 Å². The molecule has 1 amide bonds. The third-order valence-electron chi connectivity index (χ3n) is 4.53. The van der Waals surface area contributed by atoms with Gasteiger partial charge in [-0.15, -0.1) is 0 Å². The molecule has 1 atom stereocenters. The lowest BCUT2D eigenvalue weighted by atomic mass is 10.1. The Labute approximate surface area is 131 Å². The summed E-state index contributed by atoms with van der Waals surface area (Å²) in [6.07, 6.45) is 2.20. The molecule has 1 fully saturated rings. The van der Waals surface area contributed by atoms with Gasteiger partial charge in [0.1, 0.15) is 5.69 Å². The van der Waals surface area contributed by atoms with Gasteiger partial charge in [0.25, 0.3) is 5.91 Å². The lowest BCUT2D eigenvalue weighted by Crippen LogP contribution is -2.47. The van der Waals surface area contributed by atoms with Gasteiger partial charge >= 0.3 is 0 Å². The van der Waals surface area contributed by atoms with E-state index in [1.54, 1.807) is 0 Å². The van der Waals surface area contributed by atoms with Crippen molar-refractivity contribution in [1.82, 2.24) is 14.8 Å². The summed E-state index contributed by atoms with van der Waals surface area (Å²) in [7, 11) is 3.93. The first-order valence-electron chi connectivity index (χ1n) is 7.88. The minimum absolute atomic E-state index is 0.129. The number of hydrogen-bond donors (Lipinski definition) is 1. The van der Waals surface area contributed by atoms with Crippen LogP contribution in [0.5, 0.6) is 0 Å². The molecule has 1 aromatic carbocycles. The minimum Gasteiger partial charge on any atom is -0.340 e. The highest BCUT2D eigenvalue weighted by Crippen LogP contribution is 2.23. The normalized spacial score (nSPS) is 18.5. The Balaban J connectivity index is 1.83. The van der Waals surface area contributed by atoms with Gasteiger partial charge < -0.3 is 14.8 Å². The van der Waals surface area contributed by atoms with Crippen LogP contribution < -0.4 is 5.32 Å². The van der Waals surface area contributed by atoms with Crippen LogP contribution in [0.2, 0.25) is 0 Å². The fourth-order valence-electron chi connectivity index (χ4n) is 3.18. The monoisotopic (exact) mass is 297 g/mol. The van der Waals surface area contributed by atoms with Crippen molar-refractivity contribution in [2.24, 2.45) is 7.05 Å². The van der Waals surface area contributed by atoms with Gasteiger partial charge in [0.15, 0.2) is 0 Å². The molecule has 1 unspecified atom stereocenters. The number of carbonyl (C=O) groups excluding carboxylic acids is 1. The minimum atomic E-state index is 0.129. The molecule has 116 valence electrons. The average molecular weight is 297 g/mol. The van der Waals surface area contributed by atoms with Gasteiger partial charge in [0.2, 0.25) is 0 Å². The van der Waals surface area contributed by atoms with Crippen LogP contribution in [0.1, 0.15) is 23.3 Å². The van der Waals surface area contributed by atoms with Crippen LogP contribution in [-0.2, 0) is 7.05 Å². The van der Waals surface area contributed by atoms with E-state index in [9.17, 15) is 4.79 Å². The van der Waals surface area contributed by atoms with Crippen molar-refractivity contribution in [3.05, 3.63) is 48.2 Å². The van der Waals surface area contributed by atoms with Gasteiger partial charge in [-0.2, -0.15) is 0 Å². The van der Waals surface area contributed by atoms with Crippen LogP contribution >= 0.6 is 0 Å². The SMILES string of the molecule is CNC1CCCN(C(=O)c2ccc(-c3ccccc3)n2C)C1. The molecule has 1 aliphatic heterocycles. The highest BCUT2D eigenvalue weighted by atomic mass is 16.2. The Morgan fingerprint density at radius 2 is 1.95 bits per heavy atom. The highest BCUT2D eigenvalue weighted by Gasteiger charge is 2.25. The Morgan fingerprint density at radius 3 is 2.68 bits per heavy atom. The van der Waals surface area contributed by atoms with E-state index >= 15 is 0 Å². The molecule has 1 N–H and O–H groups in total. The largest absolute Gasteiger partial charge is 0.340 e. The van der Waals surface area contributed by atoms with Crippen LogP contribution in [0.4, 0.5) is 0 Å². The molecule has 4 heteroatoms. The number of piperidine rings is 1. The maximum absolute atomic E-state index is 12.8. The van der Waals surface area contributed by atoms with E-state index in [0.717, 1.165) is 42.9 Å². The first-order valence-corrected chi connectivity index (χ1v) is 7.88. The second-order valence-corrected chi connectivity index (χ2v) is 5.91. The highest BCUT2D eigenvalue weighted by molar-refractivity contribution is 5.94. The van der Waals surface area contributed by atoms with Crippen LogP contribution in [0.3, 0.4) is 0 Å². The fourth-order valence-corrected chi connectivity index (χ4v) is 3.18. The quantitative estimate of drug-likeness (QED) is 0.945. The molecule has 22 heavy (non-hydrogen) atoms. The van der Waals surface area contributed by atoms with E-state index < -0.39 is 0 Å². The molecule has 2 heterocycles. The number of benzene rings is 1. The number of carbonyl (C=O) groups is 1. The van der Waals surface area contributed by atoms with Crippen molar-refractivity contribution in [2.45, 2.75) is 18.9 Å². The Hall–Kier alpha value is -2.07. The number of amides is 1. The summed E-state index contributed by atoms with van der Waals surface area (Å²) in [5.41, 5.74) is 2.97. The van der Waals surface area contributed by atoms with E-state index in [-0.39, 0.29) is 5.91 Å². The zero-order chi connectivity index (χ0) is 15.5. The van der Waals surface area contributed by atoms with Crippen molar-refractivity contribution >= 4 is 5.91 Å². The molecule has 1 aromatic heterocycles. The summed E-state index contributed by atoms with van der Waals surface area (Å²) in [5, 5.41) is 3.29. The van der Waals surface area contributed by atoms with Gasteiger partial charge in [0, 0.05) is 31.9 Å². The molecule has 0 spiro atoms. The van der Waals surface area contributed by atoms with E-state index in [2.05, 4.69) is 17.4 Å². The van der Waals surface area contributed by atoms with Gasteiger partial charge in [0.05, 0.1) is 0 Å². The van der Waals surface area contributed by atoms with Crippen LogP contribution in [0, 0.1) is 0 Å². The van der Waals surface area contributed by atoms with Crippen molar-refractivity contribution in [3.63, 3.8) is 0 Å². The van der Waals surface area contributed by atoms with Crippen LogP contribution in [0.25, 0.3) is 11.3 Å². The predicted molar refractivity (Wildman–Crippen MR) is 88.8 cm³/mol. The fraction of sp³-hybridized carbons (Fsp3) is 0.389. The number of likely N-dealkylation sites (N-methyl/N-ethyl adjacent to an activating group) is 1. The Morgan fingerprint density at radius 1 is 1.18 bits per heavy atom. The Kier molecular flexibility index (Phi) is 4.29.